The zero-order valence-electron chi connectivity index (χ0n) is 15.5. The van der Waals surface area contributed by atoms with Crippen LogP contribution in [0, 0.1) is 0 Å². The number of methoxy groups -OCH3 is 2. The normalized spacial score (nSPS) is 11.3. The van der Waals surface area contributed by atoms with Crippen LogP contribution in [0.5, 0.6) is 11.5 Å². The molecule has 150 valence electrons. The van der Waals surface area contributed by atoms with Gasteiger partial charge in [0.2, 0.25) is 10.0 Å². The topological polar surface area (TPSA) is 97.3 Å². The molecule has 0 aromatic heterocycles. The van der Waals surface area contributed by atoms with E-state index in [1.54, 1.807) is 42.5 Å². The van der Waals surface area contributed by atoms with E-state index in [0.29, 0.717) is 27.2 Å². The molecule has 28 heavy (non-hydrogen) atoms. The average molecular weight is 470 g/mol. The Morgan fingerprint density at radius 2 is 1.93 bits per heavy atom. The largest absolute Gasteiger partial charge is 0.493 e. The van der Waals surface area contributed by atoms with Gasteiger partial charge in [-0.15, -0.1) is 0 Å². The van der Waals surface area contributed by atoms with E-state index in [2.05, 4.69) is 26.5 Å². The van der Waals surface area contributed by atoms with E-state index in [0.717, 1.165) is 10.6 Å². The van der Waals surface area contributed by atoms with Crippen molar-refractivity contribution in [2.75, 3.05) is 31.3 Å². The zero-order valence-corrected chi connectivity index (χ0v) is 18.0. The minimum absolute atomic E-state index is 0.366. The summed E-state index contributed by atoms with van der Waals surface area (Å²) < 4.78 is 36.4. The molecule has 0 aliphatic rings. The molecule has 2 rings (SSSR count). The van der Waals surface area contributed by atoms with Crippen molar-refractivity contribution in [3.8, 4) is 11.5 Å². The number of halogens is 1. The van der Waals surface area contributed by atoms with Gasteiger partial charge in [-0.1, -0.05) is 28.1 Å². The molecule has 0 radical (unpaired) electrons. The Labute approximate surface area is 172 Å². The standard InChI is InChI=1S/C18H20BrN3O5S/c1-26-16-9-4-6-13(18(16)27-2)11-20-21-17(23)12-22(28(3,24)25)15-8-5-7-14(19)10-15/h4-11H,12H2,1-3H3,(H,21,23)/b20-11-. The maximum absolute atomic E-state index is 12.2. The maximum atomic E-state index is 12.2. The van der Waals surface area contributed by atoms with E-state index in [9.17, 15) is 13.2 Å². The van der Waals surface area contributed by atoms with Crippen molar-refractivity contribution in [1.29, 1.82) is 0 Å². The number of hydrogen-bond donors (Lipinski definition) is 1. The summed E-state index contributed by atoms with van der Waals surface area (Å²) in [6, 6.07) is 11.9. The van der Waals surface area contributed by atoms with Crippen molar-refractivity contribution in [3.63, 3.8) is 0 Å². The fraction of sp³-hybridized carbons (Fsp3) is 0.222. The Kier molecular flexibility index (Phi) is 7.41. The second kappa shape index (κ2) is 9.56. The Morgan fingerprint density at radius 1 is 1.21 bits per heavy atom. The summed E-state index contributed by atoms with van der Waals surface area (Å²) in [5.41, 5.74) is 3.28. The summed E-state index contributed by atoms with van der Waals surface area (Å²) in [5.74, 6) is 0.397. The first-order valence-corrected chi connectivity index (χ1v) is 10.7. The SMILES string of the molecule is COc1cccc(/C=N\NC(=O)CN(c2cccc(Br)c2)S(C)(=O)=O)c1OC. The van der Waals surface area contributed by atoms with Gasteiger partial charge in [-0.25, -0.2) is 13.8 Å². The van der Waals surface area contributed by atoms with Gasteiger partial charge in [-0.3, -0.25) is 9.10 Å². The molecule has 0 aliphatic carbocycles. The molecule has 0 aliphatic heterocycles. The van der Waals surface area contributed by atoms with E-state index in [4.69, 9.17) is 9.47 Å². The number of ether oxygens (including phenoxy) is 2. The second-order valence-electron chi connectivity index (χ2n) is 5.63. The van der Waals surface area contributed by atoms with Gasteiger partial charge in [-0.2, -0.15) is 5.10 Å². The van der Waals surface area contributed by atoms with Crippen molar-refractivity contribution in [2.45, 2.75) is 0 Å². The van der Waals surface area contributed by atoms with Gasteiger partial charge in [0, 0.05) is 10.0 Å². The number of anilines is 1. The summed E-state index contributed by atoms with van der Waals surface area (Å²) >= 11 is 3.29. The van der Waals surface area contributed by atoms with Crippen LogP contribution in [-0.4, -0.2) is 47.6 Å². The lowest BCUT2D eigenvalue weighted by atomic mass is 10.2. The van der Waals surface area contributed by atoms with Crippen LogP contribution in [0.3, 0.4) is 0 Å². The van der Waals surface area contributed by atoms with E-state index < -0.39 is 22.5 Å². The Bertz CT molecular complexity index is 979. The first-order valence-electron chi connectivity index (χ1n) is 8.02. The van der Waals surface area contributed by atoms with Crippen LogP contribution in [0.25, 0.3) is 0 Å². The van der Waals surface area contributed by atoms with Crippen LogP contribution in [0.4, 0.5) is 5.69 Å². The molecule has 10 heteroatoms. The predicted octanol–water partition coefficient (Wildman–Crippen LogP) is 2.38. The van der Waals surface area contributed by atoms with E-state index in [-0.39, 0.29) is 0 Å². The molecule has 2 aromatic rings. The van der Waals surface area contributed by atoms with Crippen molar-refractivity contribution in [3.05, 3.63) is 52.5 Å². The molecule has 0 saturated heterocycles. The fourth-order valence-electron chi connectivity index (χ4n) is 2.38. The van der Waals surface area contributed by atoms with Crippen molar-refractivity contribution < 1.29 is 22.7 Å². The zero-order chi connectivity index (χ0) is 20.7. The summed E-state index contributed by atoms with van der Waals surface area (Å²) in [6.45, 7) is -0.415. The van der Waals surface area contributed by atoms with Gasteiger partial charge >= 0.3 is 0 Å². The molecule has 8 nitrogen and oxygen atoms in total. The van der Waals surface area contributed by atoms with Crippen molar-refractivity contribution >= 4 is 43.8 Å². The minimum atomic E-state index is -3.66. The van der Waals surface area contributed by atoms with Crippen LogP contribution in [0.15, 0.2) is 52.0 Å². The monoisotopic (exact) mass is 469 g/mol. The summed E-state index contributed by atoms with van der Waals surface area (Å²) in [5, 5.41) is 3.88. The maximum Gasteiger partial charge on any atom is 0.260 e. The van der Waals surface area contributed by atoms with Crippen LogP contribution in [0.1, 0.15) is 5.56 Å². The molecule has 1 amide bonds. The molecule has 0 bridgehead atoms. The number of benzene rings is 2. The molecule has 2 aromatic carbocycles. The van der Waals surface area contributed by atoms with Gasteiger partial charge in [-0.05, 0) is 30.3 Å². The number of rotatable bonds is 8. The van der Waals surface area contributed by atoms with E-state index >= 15 is 0 Å². The third kappa shape index (κ3) is 5.70. The molecular formula is C18H20BrN3O5S. The summed E-state index contributed by atoms with van der Waals surface area (Å²) in [6.07, 6.45) is 2.43. The van der Waals surface area contributed by atoms with Gasteiger partial charge in [0.25, 0.3) is 5.91 Å². The fourth-order valence-corrected chi connectivity index (χ4v) is 3.62. The number of carbonyl (C=O) groups excluding carboxylic acids is 1. The summed E-state index contributed by atoms with van der Waals surface area (Å²) in [7, 11) is -0.651. The smallest absolute Gasteiger partial charge is 0.260 e. The number of carbonyl (C=O) groups is 1. The highest BCUT2D eigenvalue weighted by molar-refractivity contribution is 9.10. The molecule has 0 spiro atoms. The second-order valence-corrected chi connectivity index (χ2v) is 8.45. The van der Waals surface area contributed by atoms with Crippen LogP contribution >= 0.6 is 15.9 Å². The van der Waals surface area contributed by atoms with Gasteiger partial charge < -0.3 is 9.47 Å². The number of hydrogen-bond acceptors (Lipinski definition) is 6. The lowest BCUT2D eigenvalue weighted by Crippen LogP contribution is -2.39. The van der Waals surface area contributed by atoms with Gasteiger partial charge in [0.15, 0.2) is 11.5 Å². The first-order chi connectivity index (χ1) is 13.3. The highest BCUT2D eigenvalue weighted by Crippen LogP contribution is 2.29. The Balaban J connectivity index is 2.13. The number of nitrogens with zero attached hydrogens (tertiary/aromatic N) is 2. The predicted molar refractivity (Wildman–Crippen MR) is 112 cm³/mol. The molecule has 0 heterocycles. The number of para-hydroxylation sites is 1. The van der Waals surface area contributed by atoms with Crippen LogP contribution in [-0.2, 0) is 14.8 Å². The molecular weight excluding hydrogens is 450 g/mol. The summed E-state index contributed by atoms with van der Waals surface area (Å²) in [4.78, 5) is 12.2. The quantitative estimate of drug-likeness (QED) is 0.472. The van der Waals surface area contributed by atoms with Crippen molar-refractivity contribution in [2.24, 2.45) is 5.10 Å². The lowest BCUT2D eigenvalue weighted by Gasteiger charge is -2.21. The Morgan fingerprint density at radius 3 is 2.54 bits per heavy atom. The highest BCUT2D eigenvalue weighted by atomic mass is 79.9. The molecule has 0 atom stereocenters. The van der Waals surface area contributed by atoms with Crippen molar-refractivity contribution in [1.82, 2.24) is 5.43 Å². The van der Waals surface area contributed by atoms with E-state index in [1.165, 1.54) is 20.4 Å². The highest BCUT2D eigenvalue weighted by Gasteiger charge is 2.20. The average Bonchev–Trinajstić information content (AvgIpc) is 2.64. The number of amides is 1. The number of sulfonamides is 1. The van der Waals surface area contributed by atoms with Gasteiger partial charge in [0.1, 0.15) is 6.54 Å². The minimum Gasteiger partial charge on any atom is -0.493 e. The van der Waals surface area contributed by atoms with E-state index in [1.807, 2.05) is 0 Å². The molecule has 1 N–H and O–H groups in total. The molecule has 0 saturated carbocycles. The first kappa shape index (κ1) is 21.7. The lowest BCUT2D eigenvalue weighted by molar-refractivity contribution is -0.119. The molecule has 0 unspecified atom stereocenters. The molecule has 0 fully saturated rings. The number of nitrogens with one attached hydrogen (secondary N) is 1. The van der Waals surface area contributed by atoms with Crippen LogP contribution in [0.2, 0.25) is 0 Å². The van der Waals surface area contributed by atoms with Crippen LogP contribution < -0.4 is 19.2 Å². The van der Waals surface area contributed by atoms with Gasteiger partial charge in [0.05, 0.1) is 32.4 Å². The third-order valence-electron chi connectivity index (χ3n) is 3.61. The number of hydrazone groups is 1. The Hall–Kier alpha value is -2.59. The third-order valence-corrected chi connectivity index (χ3v) is 5.24.